The van der Waals surface area contributed by atoms with E-state index in [1.54, 1.807) is 0 Å². The van der Waals surface area contributed by atoms with Gasteiger partial charge in [-0.1, -0.05) is 23.7 Å². The van der Waals surface area contributed by atoms with Crippen LogP contribution in [0.2, 0.25) is 5.02 Å². The van der Waals surface area contributed by atoms with Crippen molar-refractivity contribution in [1.29, 1.82) is 0 Å². The summed E-state index contributed by atoms with van der Waals surface area (Å²) in [4.78, 5) is 8.84. The zero-order valence-electron chi connectivity index (χ0n) is 13.8. The summed E-state index contributed by atoms with van der Waals surface area (Å²) in [6.07, 6.45) is 0.902. The minimum absolute atomic E-state index is 0.422. The zero-order valence-corrected chi connectivity index (χ0v) is 14.6. The maximum atomic E-state index is 5.89. The van der Waals surface area contributed by atoms with E-state index in [9.17, 15) is 0 Å². The summed E-state index contributed by atoms with van der Waals surface area (Å²) >= 11 is 5.89. The number of nitrogens with zero attached hydrogens (tertiary/aromatic N) is 2. The average molecular weight is 335 g/mol. The van der Waals surface area contributed by atoms with Gasteiger partial charge in [-0.2, -0.15) is 0 Å². The molecule has 0 fully saturated rings. The molecule has 1 heterocycles. The molecule has 23 heavy (non-hydrogen) atoms. The lowest BCUT2D eigenvalue weighted by Crippen LogP contribution is -2.38. The first-order valence-corrected chi connectivity index (χ1v) is 8.15. The van der Waals surface area contributed by atoms with Crippen molar-refractivity contribution in [2.45, 2.75) is 33.7 Å². The Bertz CT molecular complexity index is 630. The molecule has 2 rings (SSSR count). The van der Waals surface area contributed by atoms with E-state index in [4.69, 9.17) is 16.0 Å². The minimum atomic E-state index is 0.422. The maximum Gasteiger partial charge on any atom is 0.216 e. The molecule has 0 amide bonds. The number of halogens is 1. The molecule has 0 aliphatic carbocycles. The number of aryl methyl sites for hydroxylation is 2. The molecule has 1 aromatic heterocycles. The lowest BCUT2D eigenvalue weighted by Gasteiger charge is -2.10. The lowest BCUT2D eigenvalue weighted by molar-refractivity contribution is 0.473. The smallest absolute Gasteiger partial charge is 0.216 e. The molecule has 0 aliphatic heterocycles. The van der Waals surface area contributed by atoms with E-state index < -0.39 is 0 Å². The predicted octanol–water partition coefficient (Wildman–Crippen LogP) is 3.24. The Balaban J connectivity index is 1.87. The van der Waals surface area contributed by atoms with Gasteiger partial charge in [-0.05, 0) is 44.9 Å². The quantitative estimate of drug-likeness (QED) is 0.629. The number of guanidine groups is 1. The van der Waals surface area contributed by atoms with E-state index in [0.717, 1.165) is 41.9 Å². The van der Waals surface area contributed by atoms with Crippen molar-refractivity contribution >= 4 is 17.6 Å². The molecule has 5 nitrogen and oxygen atoms in total. The van der Waals surface area contributed by atoms with Gasteiger partial charge in [0.05, 0.1) is 5.69 Å². The Morgan fingerprint density at radius 2 is 1.96 bits per heavy atom. The van der Waals surface area contributed by atoms with Gasteiger partial charge in [0.2, 0.25) is 5.89 Å². The first-order chi connectivity index (χ1) is 11.1. The second-order valence-electron chi connectivity index (χ2n) is 5.25. The molecule has 0 spiro atoms. The van der Waals surface area contributed by atoms with E-state index in [1.165, 1.54) is 5.56 Å². The van der Waals surface area contributed by atoms with Crippen molar-refractivity contribution in [3.8, 4) is 0 Å². The molecular formula is C17H23ClN4O. The van der Waals surface area contributed by atoms with E-state index >= 15 is 0 Å². The molecular weight excluding hydrogens is 312 g/mol. The number of hydrogen-bond donors (Lipinski definition) is 2. The molecule has 0 unspecified atom stereocenters. The molecule has 6 heteroatoms. The van der Waals surface area contributed by atoms with Crippen molar-refractivity contribution in [2.75, 3.05) is 13.1 Å². The van der Waals surface area contributed by atoms with E-state index in [2.05, 4.69) is 20.6 Å². The summed E-state index contributed by atoms with van der Waals surface area (Å²) in [5.74, 6) is 2.24. The van der Waals surface area contributed by atoms with Crippen LogP contribution in [0.5, 0.6) is 0 Å². The summed E-state index contributed by atoms with van der Waals surface area (Å²) < 4.78 is 5.54. The summed E-state index contributed by atoms with van der Waals surface area (Å²) in [6.45, 7) is 7.89. The fraction of sp³-hybridized carbons (Fsp3) is 0.412. The second kappa shape index (κ2) is 8.58. The van der Waals surface area contributed by atoms with Crippen molar-refractivity contribution < 1.29 is 4.42 Å². The van der Waals surface area contributed by atoms with Crippen molar-refractivity contribution in [3.63, 3.8) is 0 Å². The Hall–Kier alpha value is -2.01. The highest BCUT2D eigenvalue weighted by molar-refractivity contribution is 6.30. The summed E-state index contributed by atoms with van der Waals surface area (Å²) in [5, 5.41) is 7.29. The number of rotatable bonds is 6. The van der Waals surface area contributed by atoms with Gasteiger partial charge in [0.15, 0.2) is 5.96 Å². The Kier molecular flexibility index (Phi) is 6.47. The van der Waals surface area contributed by atoms with Gasteiger partial charge in [0, 0.05) is 18.1 Å². The van der Waals surface area contributed by atoms with Gasteiger partial charge in [0.1, 0.15) is 12.3 Å². The van der Waals surface area contributed by atoms with Gasteiger partial charge >= 0.3 is 0 Å². The maximum absolute atomic E-state index is 5.89. The van der Waals surface area contributed by atoms with Crippen LogP contribution < -0.4 is 10.6 Å². The van der Waals surface area contributed by atoms with Crippen LogP contribution in [-0.4, -0.2) is 24.0 Å². The van der Waals surface area contributed by atoms with Crippen LogP contribution in [0, 0.1) is 13.8 Å². The van der Waals surface area contributed by atoms with E-state index in [1.807, 2.05) is 45.0 Å². The third-order valence-electron chi connectivity index (χ3n) is 3.41. The Morgan fingerprint density at radius 1 is 1.22 bits per heavy atom. The lowest BCUT2D eigenvalue weighted by atomic mass is 10.1. The second-order valence-corrected chi connectivity index (χ2v) is 5.68. The number of aromatic nitrogens is 1. The van der Waals surface area contributed by atoms with Crippen molar-refractivity contribution in [3.05, 3.63) is 52.2 Å². The number of oxazole rings is 1. The van der Waals surface area contributed by atoms with Crippen LogP contribution in [-0.2, 0) is 13.0 Å². The predicted molar refractivity (Wildman–Crippen MR) is 94.0 cm³/mol. The molecule has 0 bridgehead atoms. The van der Waals surface area contributed by atoms with Gasteiger partial charge < -0.3 is 15.1 Å². The fourth-order valence-corrected chi connectivity index (χ4v) is 2.20. The highest BCUT2D eigenvalue weighted by Gasteiger charge is 2.05. The van der Waals surface area contributed by atoms with Crippen molar-refractivity contribution in [2.24, 2.45) is 4.99 Å². The molecule has 1 aromatic carbocycles. The topological polar surface area (TPSA) is 62.5 Å². The Morgan fingerprint density at radius 3 is 2.57 bits per heavy atom. The SMILES string of the molecule is CCNC(=NCc1nc(C)c(C)o1)NCCc1ccc(Cl)cc1. The molecule has 0 saturated heterocycles. The largest absolute Gasteiger partial charge is 0.444 e. The number of aliphatic imine (C=N–C) groups is 1. The zero-order chi connectivity index (χ0) is 16.7. The first kappa shape index (κ1) is 17.3. The van der Waals surface area contributed by atoms with E-state index in [-0.39, 0.29) is 0 Å². The standard InChI is InChI=1S/C17H23ClN4O/c1-4-19-17(21-11-16-22-12(2)13(3)23-16)20-10-9-14-5-7-15(18)8-6-14/h5-8H,4,9-11H2,1-3H3,(H2,19,20,21). The summed E-state index contributed by atoms with van der Waals surface area (Å²) in [6, 6.07) is 7.88. The summed E-state index contributed by atoms with van der Waals surface area (Å²) in [5.41, 5.74) is 2.15. The van der Waals surface area contributed by atoms with Gasteiger partial charge in [-0.3, -0.25) is 0 Å². The number of hydrogen-bond acceptors (Lipinski definition) is 3. The third-order valence-corrected chi connectivity index (χ3v) is 3.66. The highest BCUT2D eigenvalue weighted by atomic mass is 35.5. The van der Waals surface area contributed by atoms with Crippen LogP contribution in [0.25, 0.3) is 0 Å². The summed E-state index contributed by atoms with van der Waals surface area (Å²) in [7, 11) is 0. The van der Waals surface area contributed by atoms with Crippen LogP contribution in [0.1, 0.15) is 29.8 Å². The highest BCUT2D eigenvalue weighted by Crippen LogP contribution is 2.10. The third kappa shape index (κ3) is 5.60. The molecule has 0 radical (unpaired) electrons. The molecule has 124 valence electrons. The normalized spacial score (nSPS) is 11.6. The number of nitrogens with one attached hydrogen (secondary N) is 2. The Labute approximate surface area is 142 Å². The van der Waals surface area contributed by atoms with Crippen LogP contribution in [0.4, 0.5) is 0 Å². The fourth-order valence-electron chi connectivity index (χ4n) is 2.07. The van der Waals surface area contributed by atoms with Crippen LogP contribution in [0.15, 0.2) is 33.7 Å². The average Bonchev–Trinajstić information content (AvgIpc) is 2.85. The minimum Gasteiger partial charge on any atom is -0.444 e. The molecule has 0 saturated carbocycles. The van der Waals surface area contributed by atoms with Gasteiger partial charge in [-0.15, -0.1) is 0 Å². The molecule has 0 aliphatic rings. The van der Waals surface area contributed by atoms with Gasteiger partial charge in [-0.25, -0.2) is 9.98 Å². The van der Waals surface area contributed by atoms with Crippen LogP contribution >= 0.6 is 11.6 Å². The van der Waals surface area contributed by atoms with Gasteiger partial charge in [0.25, 0.3) is 0 Å². The molecule has 2 N–H and O–H groups in total. The van der Waals surface area contributed by atoms with Crippen molar-refractivity contribution in [1.82, 2.24) is 15.6 Å². The molecule has 2 aromatic rings. The number of benzene rings is 1. The van der Waals surface area contributed by atoms with E-state index in [0.29, 0.717) is 12.4 Å². The molecule has 0 atom stereocenters. The monoisotopic (exact) mass is 334 g/mol. The first-order valence-electron chi connectivity index (χ1n) is 7.78. The van der Waals surface area contributed by atoms with Crippen LogP contribution in [0.3, 0.4) is 0 Å².